The number of nitrogens with zero attached hydrogens (tertiary/aromatic N) is 1. The van der Waals surface area contributed by atoms with E-state index in [1.165, 1.54) is 0 Å². The summed E-state index contributed by atoms with van der Waals surface area (Å²) in [5.74, 6) is 0.872. The van der Waals surface area contributed by atoms with Gasteiger partial charge in [0.05, 0.1) is 13.2 Å². The number of likely N-dealkylation sites (N-methyl/N-ethyl adjacent to an activating group) is 1. The first-order chi connectivity index (χ1) is 9.29. The van der Waals surface area contributed by atoms with E-state index in [4.69, 9.17) is 4.74 Å². The molecule has 19 heavy (non-hydrogen) atoms. The van der Waals surface area contributed by atoms with Crippen molar-refractivity contribution in [2.75, 3.05) is 20.7 Å². The Morgan fingerprint density at radius 1 is 1.32 bits per heavy atom. The van der Waals surface area contributed by atoms with Gasteiger partial charge in [-0.05, 0) is 35.9 Å². The molecule has 2 rings (SSSR count). The van der Waals surface area contributed by atoms with Gasteiger partial charge in [0.2, 0.25) is 5.71 Å². The molecule has 0 N–H and O–H groups in total. The van der Waals surface area contributed by atoms with E-state index in [1.807, 2.05) is 36.4 Å². The first kappa shape index (κ1) is 13.1. The van der Waals surface area contributed by atoms with Gasteiger partial charge >= 0.3 is 0 Å². The maximum Gasteiger partial charge on any atom is 0.207 e. The van der Waals surface area contributed by atoms with Crippen LogP contribution in [0.1, 0.15) is 5.56 Å². The number of methoxy groups -OCH3 is 1. The van der Waals surface area contributed by atoms with Crippen molar-refractivity contribution < 1.29 is 9.31 Å². The van der Waals surface area contributed by atoms with Gasteiger partial charge in [0, 0.05) is 6.08 Å². The minimum atomic E-state index is 0.872. The molecule has 1 heterocycles. The van der Waals surface area contributed by atoms with Crippen LogP contribution in [0.15, 0.2) is 60.4 Å². The van der Waals surface area contributed by atoms with Crippen LogP contribution in [0.4, 0.5) is 0 Å². The van der Waals surface area contributed by atoms with Crippen molar-refractivity contribution in [2.24, 2.45) is 0 Å². The smallest absolute Gasteiger partial charge is 0.207 e. The Morgan fingerprint density at radius 2 is 2.21 bits per heavy atom. The highest BCUT2D eigenvalue weighted by Crippen LogP contribution is 2.13. The molecule has 2 nitrogen and oxygen atoms in total. The SMILES string of the molecule is COc1cccc(/C=C/C2=[N+](C)C/C=C\C=C=C2)c1. The van der Waals surface area contributed by atoms with E-state index in [0.29, 0.717) is 0 Å². The molecule has 0 aromatic heterocycles. The van der Waals surface area contributed by atoms with Gasteiger partial charge < -0.3 is 4.74 Å². The van der Waals surface area contributed by atoms with Crippen LogP contribution in [-0.4, -0.2) is 31.0 Å². The predicted molar refractivity (Wildman–Crippen MR) is 79.9 cm³/mol. The number of hydrogen-bond donors (Lipinski definition) is 0. The van der Waals surface area contributed by atoms with Gasteiger partial charge in [-0.3, -0.25) is 0 Å². The van der Waals surface area contributed by atoms with Crippen LogP contribution in [0.25, 0.3) is 6.08 Å². The number of allylic oxidation sites excluding steroid dienone is 3. The lowest BCUT2D eigenvalue weighted by Gasteiger charge is -2.00. The first-order valence-corrected chi connectivity index (χ1v) is 6.27. The lowest BCUT2D eigenvalue weighted by atomic mass is 10.1. The molecule has 0 saturated heterocycles. The molecule has 0 bridgehead atoms. The molecule has 0 unspecified atom stereocenters. The van der Waals surface area contributed by atoms with Gasteiger partial charge in [-0.2, -0.15) is 0 Å². The van der Waals surface area contributed by atoms with E-state index in [-0.39, 0.29) is 0 Å². The highest BCUT2D eigenvalue weighted by molar-refractivity contribution is 6.02. The number of benzene rings is 1. The van der Waals surface area contributed by atoms with E-state index in [9.17, 15) is 0 Å². The fraction of sp³-hybridized carbons (Fsp3) is 0.176. The normalized spacial score (nSPS) is 16.5. The zero-order chi connectivity index (χ0) is 13.5. The van der Waals surface area contributed by atoms with Crippen molar-refractivity contribution in [3.63, 3.8) is 0 Å². The molecule has 0 saturated carbocycles. The summed E-state index contributed by atoms with van der Waals surface area (Å²) in [5, 5.41) is 0. The Labute approximate surface area is 114 Å². The summed E-state index contributed by atoms with van der Waals surface area (Å²) in [6.45, 7) is 0.895. The maximum absolute atomic E-state index is 5.22. The molecule has 0 spiro atoms. The summed E-state index contributed by atoms with van der Waals surface area (Å²) in [6, 6.07) is 8.00. The zero-order valence-electron chi connectivity index (χ0n) is 11.3. The van der Waals surface area contributed by atoms with Crippen molar-refractivity contribution in [1.82, 2.24) is 0 Å². The largest absolute Gasteiger partial charge is 0.497 e. The van der Waals surface area contributed by atoms with Gasteiger partial charge in [0.1, 0.15) is 12.8 Å². The molecule has 0 amide bonds. The van der Waals surface area contributed by atoms with Crippen LogP contribution >= 0.6 is 0 Å². The molecule has 1 aliphatic heterocycles. The summed E-state index contributed by atoms with van der Waals surface area (Å²) in [4.78, 5) is 0. The van der Waals surface area contributed by atoms with Crippen LogP contribution in [-0.2, 0) is 0 Å². The van der Waals surface area contributed by atoms with Crippen molar-refractivity contribution >= 4 is 11.8 Å². The Kier molecular flexibility index (Phi) is 4.54. The quantitative estimate of drug-likeness (QED) is 0.595. The first-order valence-electron chi connectivity index (χ1n) is 6.27. The summed E-state index contributed by atoms with van der Waals surface area (Å²) in [6.07, 6.45) is 12.2. The summed E-state index contributed by atoms with van der Waals surface area (Å²) in [5.41, 5.74) is 5.38. The summed E-state index contributed by atoms with van der Waals surface area (Å²) in [7, 11) is 3.75. The average Bonchev–Trinajstić information content (AvgIpc) is 2.43. The van der Waals surface area contributed by atoms with E-state index in [2.05, 4.69) is 41.6 Å². The second kappa shape index (κ2) is 6.58. The Bertz CT molecular complexity index is 599. The monoisotopic (exact) mass is 252 g/mol. The van der Waals surface area contributed by atoms with Gasteiger partial charge in [0.15, 0.2) is 6.54 Å². The van der Waals surface area contributed by atoms with Crippen LogP contribution in [0.3, 0.4) is 0 Å². The molecule has 0 fully saturated rings. The van der Waals surface area contributed by atoms with Crippen LogP contribution in [0.5, 0.6) is 5.75 Å². The second-order valence-corrected chi connectivity index (χ2v) is 4.32. The van der Waals surface area contributed by atoms with E-state index >= 15 is 0 Å². The molecule has 96 valence electrons. The molecular weight excluding hydrogens is 234 g/mol. The van der Waals surface area contributed by atoms with E-state index < -0.39 is 0 Å². The topological polar surface area (TPSA) is 12.2 Å². The third kappa shape index (κ3) is 3.84. The van der Waals surface area contributed by atoms with Gasteiger partial charge in [-0.15, -0.1) is 5.73 Å². The van der Waals surface area contributed by atoms with Crippen LogP contribution < -0.4 is 4.74 Å². The molecule has 0 atom stereocenters. The van der Waals surface area contributed by atoms with Gasteiger partial charge in [-0.25, -0.2) is 4.58 Å². The highest BCUT2D eigenvalue weighted by Gasteiger charge is 2.02. The van der Waals surface area contributed by atoms with Crippen molar-refractivity contribution in [3.05, 3.63) is 65.9 Å². The van der Waals surface area contributed by atoms with Crippen LogP contribution in [0.2, 0.25) is 0 Å². The van der Waals surface area contributed by atoms with E-state index in [0.717, 1.165) is 23.6 Å². The summed E-state index contributed by atoms with van der Waals surface area (Å²) < 4.78 is 7.39. The maximum atomic E-state index is 5.22. The summed E-state index contributed by atoms with van der Waals surface area (Å²) >= 11 is 0. The minimum absolute atomic E-state index is 0.872. The van der Waals surface area contributed by atoms with Crippen molar-refractivity contribution in [3.8, 4) is 5.75 Å². The third-order valence-corrected chi connectivity index (χ3v) is 2.92. The molecule has 1 aliphatic rings. The molecule has 0 radical (unpaired) electrons. The number of rotatable bonds is 3. The fourth-order valence-electron chi connectivity index (χ4n) is 1.79. The highest BCUT2D eigenvalue weighted by atomic mass is 16.5. The lowest BCUT2D eigenvalue weighted by molar-refractivity contribution is -0.484. The lowest BCUT2D eigenvalue weighted by Crippen LogP contribution is -2.14. The molecule has 1 aromatic rings. The number of hydrogen-bond acceptors (Lipinski definition) is 1. The minimum Gasteiger partial charge on any atom is -0.497 e. The van der Waals surface area contributed by atoms with E-state index in [1.54, 1.807) is 7.11 Å². The average molecular weight is 252 g/mol. The third-order valence-electron chi connectivity index (χ3n) is 2.92. The van der Waals surface area contributed by atoms with Gasteiger partial charge in [-0.1, -0.05) is 18.2 Å². The Hall–Kier alpha value is -2.31. The fourth-order valence-corrected chi connectivity index (χ4v) is 1.79. The Balaban J connectivity index is 2.24. The molecule has 2 heteroatoms. The standard InChI is InChI=1S/C17H18NO/c1-18-13-6-4-3-5-9-16(18)12-11-15-8-7-10-17(14-15)19-2/h3-4,6-12,14H,13H2,1-2H3/q+1/b6-4-,12-11+,18-16?. The van der Waals surface area contributed by atoms with Crippen molar-refractivity contribution in [1.29, 1.82) is 0 Å². The number of ether oxygens (including phenoxy) is 1. The second-order valence-electron chi connectivity index (χ2n) is 4.32. The zero-order valence-corrected chi connectivity index (χ0v) is 11.3. The molecular formula is C17H18NO+. The Morgan fingerprint density at radius 3 is 3.05 bits per heavy atom. The van der Waals surface area contributed by atoms with Crippen molar-refractivity contribution in [2.45, 2.75) is 0 Å². The molecule has 1 aromatic carbocycles. The predicted octanol–water partition coefficient (Wildman–Crippen LogP) is 3.07. The van der Waals surface area contributed by atoms with Crippen LogP contribution in [0, 0.1) is 0 Å². The molecule has 0 aliphatic carbocycles. The van der Waals surface area contributed by atoms with Gasteiger partial charge in [0.25, 0.3) is 0 Å².